The van der Waals surface area contributed by atoms with E-state index in [0.717, 1.165) is 18.1 Å². The molecule has 0 saturated heterocycles. The lowest BCUT2D eigenvalue weighted by atomic mass is 10.3. The highest BCUT2D eigenvalue weighted by Crippen LogP contribution is 2.12. The Balaban J connectivity index is 2.09. The standard InChI is InChI=1S/C12H14N4/c1-16(9-11-4-2-3-7-14-11)12-6-5-10(13)8-15-12/h2-8H,9,13H2,1H3. The number of pyridine rings is 2. The van der Waals surface area contributed by atoms with Crippen LogP contribution in [0.3, 0.4) is 0 Å². The fraction of sp³-hybridized carbons (Fsp3) is 0.167. The first-order chi connectivity index (χ1) is 7.75. The van der Waals surface area contributed by atoms with Crippen molar-refractivity contribution in [3.63, 3.8) is 0 Å². The summed E-state index contributed by atoms with van der Waals surface area (Å²) in [6.07, 6.45) is 3.45. The molecule has 0 aromatic carbocycles. The van der Waals surface area contributed by atoms with Crippen molar-refractivity contribution < 1.29 is 0 Å². The summed E-state index contributed by atoms with van der Waals surface area (Å²) in [4.78, 5) is 10.5. The summed E-state index contributed by atoms with van der Waals surface area (Å²) in [6.45, 7) is 0.734. The molecule has 0 aliphatic rings. The lowest BCUT2D eigenvalue weighted by molar-refractivity contribution is 0.866. The van der Waals surface area contributed by atoms with Gasteiger partial charge in [0.2, 0.25) is 0 Å². The van der Waals surface area contributed by atoms with E-state index in [0.29, 0.717) is 5.69 Å². The Labute approximate surface area is 94.8 Å². The first-order valence-electron chi connectivity index (χ1n) is 5.08. The van der Waals surface area contributed by atoms with E-state index >= 15 is 0 Å². The monoisotopic (exact) mass is 214 g/mol. The minimum absolute atomic E-state index is 0.676. The van der Waals surface area contributed by atoms with Crippen LogP contribution in [0, 0.1) is 0 Å². The Morgan fingerprint density at radius 1 is 1.19 bits per heavy atom. The zero-order chi connectivity index (χ0) is 11.4. The molecule has 2 N–H and O–H groups in total. The molecule has 0 spiro atoms. The van der Waals surface area contributed by atoms with E-state index in [2.05, 4.69) is 9.97 Å². The van der Waals surface area contributed by atoms with Crippen LogP contribution in [0.4, 0.5) is 11.5 Å². The van der Waals surface area contributed by atoms with Gasteiger partial charge in [0.25, 0.3) is 0 Å². The summed E-state index contributed by atoms with van der Waals surface area (Å²) >= 11 is 0. The van der Waals surface area contributed by atoms with Gasteiger partial charge < -0.3 is 10.6 Å². The highest BCUT2D eigenvalue weighted by atomic mass is 15.2. The van der Waals surface area contributed by atoms with Crippen molar-refractivity contribution in [2.24, 2.45) is 0 Å². The SMILES string of the molecule is CN(Cc1ccccn1)c1ccc(N)cn1. The van der Waals surface area contributed by atoms with E-state index in [4.69, 9.17) is 5.73 Å². The number of hydrogen-bond donors (Lipinski definition) is 1. The summed E-state index contributed by atoms with van der Waals surface area (Å²) in [7, 11) is 1.98. The van der Waals surface area contributed by atoms with Crippen molar-refractivity contribution in [3.8, 4) is 0 Å². The first-order valence-corrected chi connectivity index (χ1v) is 5.08. The van der Waals surface area contributed by atoms with E-state index < -0.39 is 0 Å². The first kappa shape index (κ1) is 10.4. The van der Waals surface area contributed by atoms with Crippen molar-refractivity contribution in [1.29, 1.82) is 0 Å². The van der Waals surface area contributed by atoms with Gasteiger partial charge in [0.1, 0.15) is 5.82 Å². The molecule has 0 amide bonds. The van der Waals surface area contributed by atoms with Crippen molar-refractivity contribution >= 4 is 11.5 Å². The lowest BCUT2D eigenvalue weighted by Gasteiger charge is -2.17. The van der Waals surface area contributed by atoms with Crippen LogP contribution < -0.4 is 10.6 Å². The minimum Gasteiger partial charge on any atom is -0.397 e. The maximum Gasteiger partial charge on any atom is 0.128 e. The summed E-state index contributed by atoms with van der Waals surface area (Å²) < 4.78 is 0. The average molecular weight is 214 g/mol. The predicted molar refractivity (Wildman–Crippen MR) is 65.0 cm³/mol. The van der Waals surface area contributed by atoms with E-state index in [1.807, 2.05) is 42.3 Å². The number of hydrogen-bond acceptors (Lipinski definition) is 4. The maximum absolute atomic E-state index is 5.59. The van der Waals surface area contributed by atoms with E-state index in [-0.39, 0.29) is 0 Å². The molecule has 0 radical (unpaired) electrons. The van der Waals surface area contributed by atoms with Gasteiger partial charge >= 0.3 is 0 Å². The van der Waals surface area contributed by atoms with Crippen LogP contribution in [0.2, 0.25) is 0 Å². The second-order valence-electron chi connectivity index (χ2n) is 3.63. The summed E-state index contributed by atoms with van der Waals surface area (Å²) in [5.41, 5.74) is 7.28. The number of anilines is 2. The van der Waals surface area contributed by atoms with Crippen molar-refractivity contribution in [3.05, 3.63) is 48.4 Å². The molecule has 16 heavy (non-hydrogen) atoms. The molecule has 4 heteroatoms. The van der Waals surface area contributed by atoms with Crippen LogP contribution >= 0.6 is 0 Å². The van der Waals surface area contributed by atoms with Gasteiger partial charge in [-0.15, -0.1) is 0 Å². The molecule has 0 fully saturated rings. The molecule has 2 aromatic heterocycles. The van der Waals surface area contributed by atoms with Crippen LogP contribution in [0.5, 0.6) is 0 Å². The molecule has 2 aromatic rings. The summed E-state index contributed by atoms with van der Waals surface area (Å²) in [6, 6.07) is 9.63. The van der Waals surface area contributed by atoms with E-state index in [9.17, 15) is 0 Å². The second-order valence-corrected chi connectivity index (χ2v) is 3.63. The number of nitrogens with two attached hydrogens (primary N) is 1. The zero-order valence-electron chi connectivity index (χ0n) is 9.17. The van der Waals surface area contributed by atoms with Crippen LogP contribution in [-0.2, 0) is 6.54 Å². The van der Waals surface area contributed by atoms with Crippen molar-refractivity contribution in [2.75, 3.05) is 17.7 Å². The van der Waals surface area contributed by atoms with Gasteiger partial charge in [-0.1, -0.05) is 6.07 Å². The highest BCUT2D eigenvalue weighted by Gasteiger charge is 2.03. The molecule has 2 heterocycles. The third-order valence-corrected chi connectivity index (χ3v) is 2.29. The van der Waals surface area contributed by atoms with Crippen LogP contribution in [0.1, 0.15) is 5.69 Å². The zero-order valence-corrected chi connectivity index (χ0v) is 9.17. The lowest BCUT2D eigenvalue weighted by Crippen LogP contribution is -2.18. The Morgan fingerprint density at radius 2 is 2.06 bits per heavy atom. The number of nitrogens with zero attached hydrogens (tertiary/aromatic N) is 3. The molecule has 0 saturated carbocycles. The van der Waals surface area contributed by atoms with Crippen LogP contribution in [0.15, 0.2) is 42.7 Å². The molecule has 0 unspecified atom stereocenters. The molecule has 0 aliphatic heterocycles. The fourth-order valence-corrected chi connectivity index (χ4v) is 1.44. The van der Waals surface area contributed by atoms with Gasteiger partial charge in [-0.05, 0) is 24.3 Å². The van der Waals surface area contributed by atoms with Gasteiger partial charge in [0, 0.05) is 13.2 Å². The number of rotatable bonds is 3. The predicted octanol–water partition coefficient (Wildman–Crippen LogP) is 1.70. The van der Waals surface area contributed by atoms with Gasteiger partial charge in [0.05, 0.1) is 24.1 Å². The molecule has 82 valence electrons. The second kappa shape index (κ2) is 4.61. The summed E-state index contributed by atoms with van der Waals surface area (Å²) in [5, 5.41) is 0. The van der Waals surface area contributed by atoms with Gasteiger partial charge in [-0.3, -0.25) is 4.98 Å². The largest absolute Gasteiger partial charge is 0.397 e. The third kappa shape index (κ3) is 2.48. The third-order valence-electron chi connectivity index (χ3n) is 2.29. The quantitative estimate of drug-likeness (QED) is 0.844. The molecule has 2 rings (SSSR count). The molecular formula is C12H14N4. The molecule has 0 bridgehead atoms. The van der Waals surface area contributed by atoms with Crippen molar-refractivity contribution in [2.45, 2.75) is 6.54 Å². The number of nitrogen functional groups attached to an aromatic ring is 1. The van der Waals surface area contributed by atoms with Gasteiger partial charge in [-0.25, -0.2) is 4.98 Å². The van der Waals surface area contributed by atoms with E-state index in [1.54, 1.807) is 12.4 Å². The maximum atomic E-state index is 5.59. The summed E-state index contributed by atoms with van der Waals surface area (Å²) in [5.74, 6) is 0.889. The van der Waals surface area contributed by atoms with Crippen LogP contribution in [-0.4, -0.2) is 17.0 Å². The van der Waals surface area contributed by atoms with Crippen LogP contribution in [0.25, 0.3) is 0 Å². The highest BCUT2D eigenvalue weighted by molar-refractivity contribution is 5.45. The minimum atomic E-state index is 0.676. The molecular weight excluding hydrogens is 200 g/mol. The number of aromatic nitrogens is 2. The Bertz CT molecular complexity index is 438. The average Bonchev–Trinajstić information content (AvgIpc) is 2.31. The van der Waals surface area contributed by atoms with Crippen molar-refractivity contribution in [1.82, 2.24) is 9.97 Å². The Morgan fingerprint density at radius 3 is 2.69 bits per heavy atom. The Kier molecular flexibility index (Phi) is 3.00. The van der Waals surface area contributed by atoms with E-state index in [1.165, 1.54) is 0 Å². The molecule has 4 nitrogen and oxygen atoms in total. The molecule has 0 aliphatic carbocycles. The topological polar surface area (TPSA) is 55.0 Å². The molecule has 0 atom stereocenters. The Hall–Kier alpha value is -2.10. The van der Waals surface area contributed by atoms with Gasteiger partial charge in [0.15, 0.2) is 0 Å². The van der Waals surface area contributed by atoms with Gasteiger partial charge in [-0.2, -0.15) is 0 Å². The smallest absolute Gasteiger partial charge is 0.128 e. The normalized spacial score (nSPS) is 10.1. The fourth-order valence-electron chi connectivity index (χ4n) is 1.44.